The van der Waals surface area contributed by atoms with Crippen LogP contribution in [0.4, 0.5) is 5.82 Å². The average molecular weight is 235 g/mol. The zero-order chi connectivity index (χ0) is 12.3. The molecule has 0 spiro atoms. The molecule has 1 aromatic heterocycles. The van der Waals surface area contributed by atoms with Gasteiger partial charge in [-0.3, -0.25) is 9.59 Å². The molecule has 1 atom stereocenters. The fraction of sp³-hybridized carbons (Fsp3) is 0.400. The maximum atomic E-state index is 11.0. The first kappa shape index (κ1) is 11.3. The standard InChI is InChI=1S/C10H13N5O2/c11-10(17)7-2-3-8(15-14-7)13-6-1-4-9(16)12-5-6/h2-3,6H,1,4-5H2,(H2,11,17)(H,12,16)(H,13,15). The Morgan fingerprint density at radius 1 is 1.47 bits per heavy atom. The maximum Gasteiger partial charge on any atom is 0.269 e. The van der Waals surface area contributed by atoms with E-state index >= 15 is 0 Å². The van der Waals surface area contributed by atoms with Crippen LogP contribution in [-0.2, 0) is 4.79 Å². The average Bonchev–Trinajstić information content (AvgIpc) is 2.33. The first-order valence-electron chi connectivity index (χ1n) is 5.32. The van der Waals surface area contributed by atoms with Crippen LogP contribution in [0.1, 0.15) is 23.3 Å². The second-order valence-electron chi connectivity index (χ2n) is 3.85. The highest BCUT2D eigenvalue weighted by atomic mass is 16.2. The Balaban J connectivity index is 1.95. The third-order valence-electron chi connectivity index (χ3n) is 2.53. The lowest BCUT2D eigenvalue weighted by molar-refractivity contribution is -0.122. The molecule has 2 rings (SSSR count). The summed E-state index contributed by atoms with van der Waals surface area (Å²) in [7, 11) is 0. The number of amides is 2. The topological polar surface area (TPSA) is 110 Å². The molecule has 1 unspecified atom stereocenters. The first-order valence-corrected chi connectivity index (χ1v) is 5.32. The summed E-state index contributed by atoms with van der Waals surface area (Å²) in [6, 6.07) is 3.30. The molecule has 0 radical (unpaired) electrons. The lowest BCUT2D eigenvalue weighted by atomic mass is 10.1. The number of anilines is 1. The van der Waals surface area contributed by atoms with Gasteiger partial charge in [0.15, 0.2) is 5.69 Å². The molecule has 0 aromatic carbocycles. The maximum absolute atomic E-state index is 11.0. The molecule has 1 aromatic rings. The van der Waals surface area contributed by atoms with Gasteiger partial charge in [-0.15, -0.1) is 10.2 Å². The van der Waals surface area contributed by atoms with Gasteiger partial charge in [0.05, 0.1) is 0 Å². The molecule has 1 aliphatic rings. The molecule has 1 fully saturated rings. The minimum Gasteiger partial charge on any atom is -0.364 e. The molecule has 0 saturated carbocycles. The quantitative estimate of drug-likeness (QED) is 0.639. The van der Waals surface area contributed by atoms with Crippen molar-refractivity contribution in [1.29, 1.82) is 0 Å². The highest BCUT2D eigenvalue weighted by Gasteiger charge is 2.18. The van der Waals surface area contributed by atoms with Gasteiger partial charge < -0.3 is 16.4 Å². The van der Waals surface area contributed by atoms with E-state index in [-0.39, 0.29) is 17.6 Å². The molecular weight excluding hydrogens is 222 g/mol. The van der Waals surface area contributed by atoms with Gasteiger partial charge in [0.2, 0.25) is 5.91 Å². The molecule has 90 valence electrons. The van der Waals surface area contributed by atoms with Crippen LogP contribution >= 0.6 is 0 Å². The van der Waals surface area contributed by atoms with Crippen molar-refractivity contribution in [2.24, 2.45) is 5.73 Å². The van der Waals surface area contributed by atoms with Crippen LogP contribution in [0.5, 0.6) is 0 Å². The predicted molar refractivity (Wildman–Crippen MR) is 60.2 cm³/mol. The summed E-state index contributed by atoms with van der Waals surface area (Å²) in [5, 5.41) is 13.4. The second kappa shape index (κ2) is 4.77. The fourth-order valence-corrected chi connectivity index (χ4v) is 1.61. The van der Waals surface area contributed by atoms with E-state index in [9.17, 15) is 9.59 Å². The Morgan fingerprint density at radius 2 is 2.29 bits per heavy atom. The summed E-state index contributed by atoms with van der Waals surface area (Å²) in [5.41, 5.74) is 5.19. The van der Waals surface area contributed by atoms with Crippen molar-refractivity contribution in [2.45, 2.75) is 18.9 Å². The van der Waals surface area contributed by atoms with E-state index in [4.69, 9.17) is 5.73 Å². The molecule has 4 N–H and O–H groups in total. The summed E-state index contributed by atoms with van der Waals surface area (Å²) >= 11 is 0. The van der Waals surface area contributed by atoms with Gasteiger partial charge in [-0.2, -0.15) is 0 Å². The van der Waals surface area contributed by atoms with Crippen molar-refractivity contribution in [1.82, 2.24) is 15.5 Å². The summed E-state index contributed by atoms with van der Waals surface area (Å²) < 4.78 is 0. The lowest BCUT2D eigenvalue weighted by Crippen LogP contribution is -2.42. The van der Waals surface area contributed by atoms with E-state index in [1.807, 2.05) is 0 Å². The summed E-state index contributed by atoms with van der Waals surface area (Å²) in [6.07, 6.45) is 1.26. The first-order chi connectivity index (χ1) is 8.15. The van der Waals surface area contributed by atoms with E-state index < -0.39 is 5.91 Å². The molecule has 1 aliphatic heterocycles. The number of hydrogen-bond donors (Lipinski definition) is 3. The smallest absolute Gasteiger partial charge is 0.269 e. The van der Waals surface area contributed by atoms with E-state index in [0.29, 0.717) is 18.8 Å². The zero-order valence-corrected chi connectivity index (χ0v) is 9.14. The van der Waals surface area contributed by atoms with Crippen molar-refractivity contribution < 1.29 is 9.59 Å². The van der Waals surface area contributed by atoms with Gasteiger partial charge in [0.1, 0.15) is 5.82 Å². The monoisotopic (exact) mass is 235 g/mol. The number of nitrogens with two attached hydrogens (primary N) is 1. The molecule has 0 aliphatic carbocycles. The molecule has 0 bridgehead atoms. The normalized spacial score (nSPS) is 19.5. The van der Waals surface area contributed by atoms with Crippen molar-refractivity contribution >= 4 is 17.6 Å². The number of nitrogens with zero attached hydrogens (tertiary/aromatic N) is 2. The van der Waals surface area contributed by atoms with Gasteiger partial charge >= 0.3 is 0 Å². The van der Waals surface area contributed by atoms with Crippen LogP contribution in [0.3, 0.4) is 0 Å². The van der Waals surface area contributed by atoms with Crippen LogP contribution in [0.2, 0.25) is 0 Å². The van der Waals surface area contributed by atoms with E-state index in [0.717, 1.165) is 6.42 Å². The third-order valence-corrected chi connectivity index (χ3v) is 2.53. The Labute approximate surface area is 97.8 Å². The molecular formula is C10H13N5O2. The summed E-state index contributed by atoms with van der Waals surface area (Å²) in [6.45, 7) is 0.568. The lowest BCUT2D eigenvalue weighted by Gasteiger charge is -2.23. The predicted octanol–water partition coefficient (Wildman–Crippen LogP) is -0.734. The number of piperidine rings is 1. The van der Waals surface area contributed by atoms with Crippen molar-refractivity contribution in [2.75, 3.05) is 11.9 Å². The minimum atomic E-state index is -0.603. The van der Waals surface area contributed by atoms with Crippen molar-refractivity contribution in [3.8, 4) is 0 Å². The molecule has 17 heavy (non-hydrogen) atoms. The Morgan fingerprint density at radius 3 is 2.82 bits per heavy atom. The van der Waals surface area contributed by atoms with E-state index in [1.54, 1.807) is 6.07 Å². The SMILES string of the molecule is NC(=O)c1ccc(NC2CCC(=O)NC2)nn1. The zero-order valence-electron chi connectivity index (χ0n) is 9.14. The van der Waals surface area contributed by atoms with Crippen LogP contribution < -0.4 is 16.4 Å². The number of rotatable bonds is 3. The molecule has 1 saturated heterocycles. The van der Waals surface area contributed by atoms with Crippen LogP contribution in [0.15, 0.2) is 12.1 Å². The second-order valence-corrected chi connectivity index (χ2v) is 3.85. The number of carbonyl (C=O) groups excluding carboxylic acids is 2. The summed E-state index contributed by atoms with van der Waals surface area (Å²) in [5.74, 6) is 0.0309. The van der Waals surface area contributed by atoms with Crippen molar-refractivity contribution in [3.05, 3.63) is 17.8 Å². The molecule has 7 nitrogen and oxygen atoms in total. The van der Waals surface area contributed by atoms with Crippen molar-refractivity contribution in [3.63, 3.8) is 0 Å². The van der Waals surface area contributed by atoms with E-state index in [2.05, 4.69) is 20.8 Å². The highest BCUT2D eigenvalue weighted by Crippen LogP contribution is 2.09. The van der Waals surface area contributed by atoms with Gasteiger partial charge in [-0.1, -0.05) is 0 Å². The molecule has 2 heterocycles. The number of aromatic nitrogens is 2. The van der Waals surface area contributed by atoms with Crippen LogP contribution in [0.25, 0.3) is 0 Å². The van der Waals surface area contributed by atoms with Gasteiger partial charge in [-0.25, -0.2) is 0 Å². The van der Waals surface area contributed by atoms with E-state index in [1.165, 1.54) is 6.07 Å². The third kappa shape index (κ3) is 2.90. The molecule has 2 amide bonds. The Kier molecular flexibility index (Phi) is 3.17. The van der Waals surface area contributed by atoms with Gasteiger partial charge in [-0.05, 0) is 18.6 Å². The van der Waals surface area contributed by atoms with Crippen LogP contribution in [0, 0.1) is 0 Å². The molecule has 7 heteroatoms. The fourth-order valence-electron chi connectivity index (χ4n) is 1.61. The Hall–Kier alpha value is -2.18. The van der Waals surface area contributed by atoms with Crippen LogP contribution in [-0.4, -0.2) is 34.6 Å². The summed E-state index contributed by atoms with van der Waals surface area (Å²) in [4.78, 5) is 21.8. The van der Waals surface area contributed by atoms with Gasteiger partial charge in [0, 0.05) is 19.0 Å². The number of nitrogens with one attached hydrogen (secondary N) is 2. The minimum absolute atomic E-state index is 0.0678. The number of hydrogen-bond acceptors (Lipinski definition) is 5. The number of primary amides is 1. The number of carbonyl (C=O) groups is 2. The Bertz CT molecular complexity index is 421. The van der Waals surface area contributed by atoms with Gasteiger partial charge in [0.25, 0.3) is 5.91 Å². The largest absolute Gasteiger partial charge is 0.364 e. The highest BCUT2D eigenvalue weighted by molar-refractivity contribution is 5.90.